The summed E-state index contributed by atoms with van der Waals surface area (Å²) in [5.74, 6) is 6.16. The number of halogens is 2. The number of rotatable bonds is 3. The van der Waals surface area contributed by atoms with E-state index in [1.54, 1.807) is 6.07 Å². The van der Waals surface area contributed by atoms with E-state index in [1.165, 1.54) is 12.1 Å². The van der Waals surface area contributed by atoms with Crippen molar-refractivity contribution in [2.75, 3.05) is 5.43 Å². The summed E-state index contributed by atoms with van der Waals surface area (Å²) in [4.78, 5) is 8.75. The van der Waals surface area contributed by atoms with Gasteiger partial charge in [0.1, 0.15) is 11.6 Å². The molecule has 0 spiro atoms. The smallest absolute Gasteiger partial charge is 0.161 e. The Morgan fingerprint density at radius 1 is 1.32 bits per heavy atom. The van der Waals surface area contributed by atoms with E-state index >= 15 is 0 Å². The molecule has 19 heavy (non-hydrogen) atoms. The third kappa shape index (κ3) is 2.90. The lowest BCUT2D eigenvalue weighted by Crippen LogP contribution is -2.13. The second-order valence-electron chi connectivity index (χ2n) is 4.12. The van der Waals surface area contributed by atoms with Crippen LogP contribution in [0.5, 0.6) is 0 Å². The zero-order chi connectivity index (χ0) is 14.0. The lowest BCUT2D eigenvalue weighted by molar-refractivity contribution is 0.627. The Morgan fingerprint density at radius 3 is 2.63 bits per heavy atom. The summed E-state index contributed by atoms with van der Waals surface area (Å²) in [5, 5.41) is 0. The standard InChI is InChI=1S/C13H14BrFN4/c1-3-11-7(2)17-12(18-13(11)19-16)8-4-9(14)6-10(15)5-8/h4-6H,3,16H2,1-2H3,(H,17,18,19). The fourth-order valence-corrected chi connectivity index (χ4v) is 2.42. The van der Waals surface area contributed by atoms with Crippen molar-refractivity contribution in [1.29, 1.82) is 0 Å². The van der Waals surface area contributed by atoms with Gasteiger partial charge in [-0.15, -0.1) is 0 Å². The van der Waals surface area contributed by atoms with Crippen LogP contribution < -0.4 is 11.3 Å². The summed E-state index contributed by atoms with van der Waals surface area (Å²) in [6.07, 6.45) is 0.776. The number of nitrogens with one attached hydrogen (secondary N) is 1. The molecule has 3 N–H and O–H groups in total. The first-order valence-corrected chi connectivity index (χ1v) is 6.65. The number of nitrogen functional groups attached to an aromatic ring is 1. The lowest BCUT2D eigenvalue weighted by atomic mass is 10.1. The van der Waals surface area contributed by atoms with Gasteiger partial charge in [-0.3, -0.25) is 0 Å². The van der Waals surface area contributed by atoms with Crippen molar-refractivity contribution in [3.63, 3.8) is 0 Å². The minimum Gasteiger partial charge on any atom is -0.308 e. The fraction of sp³-hybridized carbons (Fsp3) is 0.231. The molecule has 0 atom stereocenters. The molecule has 0 radical (unpaired) electrons. The molecule has 0 aliphatic rings. The van der Waals surface area contributed by atoms with E-state index in [0.29, 0.717) is 21.7 Å². The second-order valence-corrected chi connectivity index (χ2v) is 5.03. The Labute approximate surface area is 119 Å². The van der Waals surface area contributed by atoms with Gasteiger partial charge in [-0.25, -0.2) is 20.2 Å². The van der Waals surface area contributed by atoms with Crippen LogP contribution in [0, 0.1) is 12.7 Å². The quantitative estimate of drug-likeness (QED) is 0.672. The number of aromatic nitrogens is 2. The van der Waals surface area contributed by atoms with Crippen LogP contribution in [-0.2, 0) is 6.42 Å². The molecule has 0 saturated carbocycles. The molecule has 2 aromatic rings. The van der Waals surface area contributed by atoms with E-state index in [-0.39, 0.29) is 5.82 Å². The van der Waals surface area contributed by atoms with E-state index in [9.17, 15) is 4.39 Å². The van der Waals surface area contributed by atoms with E-state index in [4.69, 9.17) is 5.84 Å². The van der Waals surface area contributed by atoms with Crippen molar-refractivity contribution in [2.45, 2.75) is 20.3 Å². The van der Waals surface area contributed by atoms with Crippen LogP contribution in [0.3, 0.4) is 0 Å². The van der Waals surface area contributed by atoms with Crippen LogP contribution in [0.4, 0.5) is 10.2 Å². The Balaban J connectivity index is 2.59. The summed E-state index contributed by atoms with van der Waals surface area (Å²) in [6, 6.07) is 4.55. The van der Waals surface area contributed by atoms with Gasteiger partial charge in [0.15, 0.2) is 5.82 Å². The molecule has 1 aromatic heterocycles. The van der Waals surface area contributed by atoms with Gasteiger partial charge in [0.05, 0.1) is 0 Å². The average Bonchev–Trinajstić information content (AvgIpc) is 2.36. The van der Waals surface area contributed by atoms with Crippen LogP contribution in [0.15, 0.2) is 22.7 Å². The zero-order valence-electron chi connectivity index (χ0n) is 10.7. The number of nitrogens with zero attached hydrogens (tertiary/aromatic N) is 2. The van der Waals surface area contributed by atoms with E-state index in [0.717, 1.165) is 17.7 Å². The number of anilines is 1. The molecular weight excluding hydrogens is 311 g/mol. The highest BCUT2D eigenvalue weighted by atomic mass is 79.9. The van der Waals surface area contributed by atoms with Crippen molar-refractivity contribution in [2.24, 2.45) is 5.84 Å². The number of hydrazine groups is 1. The molecule has 100 valence electrons. The number of nitrogens with two attached hydrogens (primary N) is 1. The SMILES string of the molecule is CCc1c(C)nc(-c2cc(F)cc(Br)c2)nc1NN. The van der Waals surface area contributed by atoms with Gasteiger partial charge >= 0.3 is 0 Å². The molecule has 4 nitrogen and oxygen atoms in total. The van der Waals surface area contributed by atoms with Crippen LogP contribution in [0.1, 0.15) is 18.2 Å². The number of hydrogen-bond acceptors (Lipinski definition) is 4. The maximum Gasteiger partial charge on any atom is 0.161 e. The molecule has 0 fully saturated rings. The molecule has 0 saturated heterocycles. The Bertz CT molecular complexity index is 596. The van der Waals surface area contributed by atoms with Gasteiger partial charge in [-0.2, -0.15) is 0 Å². The second kappa shape index (κ2) is 5.63. The summed E-state index contributed by atoms with van der Waals surface area (Å²) < 4.78 is 14.1. The Hall–Kier alpha value is -1.53. The number of benzene rings is 1. The molecule has 6 heteroatoms. The normalized spacial score (nSPS) is 10.6. The predicted molar refractivity (Wildman–Crippen MR) is 77.1 cm³/mol. The molecule has 0 amide bonds. The highest BCUT2D eigenvalue weighted by molar-refractivity contribution is 9.10. The number of hydrogen-bond donors (Lipinski definition) is 2. The summed E-state index contributed by atoms with van der Waals surface area (Å²) in [5.41, 5.74) is 4.97. The Morgan fingerprint density at radius 2 is 2.05 bits per heavy atom. The van der Waals surface area contributed by atoms with Crippen LogP contribution in [0.25, 0.3) is 11.4 Å². The van der Waals surface area contributed by atoms with Crippen LogP contribution >= 0.6 is 15.9 Å². The van der Waals surface area contributed by atoms with Gasteiger partial charge in [0.2, 0.25) is 0 Å². The highest BCUT2D eigenvalue weighted by Crippen LogP contribution is 2.25. The van der Waals surface area contributed by atoms with Crippen molar-refractivity contribution in [1.82, 2.24) is 9.97 Å². The van der Waals surface area contributed by atoms with Gasteiger partial charge in [0, 0.05) is 21.3 Å². The first-order valence-electron chi connectivity index (χ1n) is 5.85. The van der Waals surface area contributed by atoms with Crippen molar-refractivity contribution < 1.29 is 4.39 Å². The molecule has 0 unspecified atom stereocenters. The van der Waals surface area contributed by atoms with Gasteiger partial charge < -0.3 is 5.43 Å². The first kappa shape index (κ1) is 13.9. The first-order chi connectivity index (χ1) is 9.05. The third-order valence-electron chi connectivity index (χ3n) is 2.82. The van der Waals surface area contributed by atoms with Crippen LogP contribution in [-0.4, -0.2) is 9.97 Å². The minimum atomic E-state index is -0.340. The third-order valence-corrected chi connectivity index (χ3v) is 3.28. The van der Waals surface area contributed by atoms with Crippen molar-refractivity contribution in [3.05, 3.63) is 39.7 Å². The van der Waals surface area contributed by atoms with Gasteiger partial charge in [-0.1, -0.05) is 22.9 Å². The maximum atomic E-state index is 13.4. The highest BCUT2D eigenvalue weighted by Gasteiger charge is 2.12. The largest absolute Gasteiger partial charge is 0.308 e. The summed E-state index contributed by atoms with van der Waals surface area (Å²) >= 11 is 3.26. The average molecular weight is 325 g/mol. The summed E-state index contributed by atoms with van der Waals surface area (Å²) in [6.45, 7) is 3.89. The zero-order valence-corrected chi connectivity index (χ0v) is 12.3. The predicted octanol–water partition coefficient (Wildman–Crippen LogP) is 3.20. The number of aryl methyl sites for hydroxylation is 1. The van der Waals surface area contributed by atoms with E-state index in [1.807, 2.05) is 13.8 Å². The van der Waals surface area contributed by atoms with Crippen molar-refractivity contribution >= 4 is 21.7 Å². The van der Waals surface area contributed by atoms with Gasteiger partial charge in [-0.05, 0) is 31.5 Å². The molecule has 0 bridgehead atoms. The summed E-state index contributed by atoms with van der Waals surface area (Å²) in [7, 11) is 0. The monoisotopic (exact) mass is 324 g/mol. The van der Waals surface area contributed by atoms with Crippen LogP contribution in [0.2, 0.25) is 0 Å². The van der Waals surface area contributed by atoms with Gasteiger partial charge in [0.25, 0.3) is 0 Å². The van der Waals surface area contributed by atoms with E-state index in [2.05, 4.69) is 31.3 Å². The Kier molecular flexibility index (Phi) is 4.11. The molecule has 0 aliphatic carbocycles. The molecule has 0 aliphatic heterocycles. The van der Waals surface area contributed by atoms with Crippen molar-refractivity contribution in [3.8, 4) is 11.4 Å². The topological polar surface area (TPSA) is 63.8 Å². The molecule has 2 rings (SSSR count). The minimum absolute atomic E-state index is 0.340. The molecule has 1 aromatic carbocycles. The molecule has 1 heterocycles. The lowest BCUT2D eigenvalue weighted by Gasteiger charge is -2.11. The van der Waals surface area contributed by atoms with E-state index < -0.39 is 0 Å². The maximum absolute atomic E-state index is 13.4. The fourth-order valence-electron chi connectivity index (χ4n) is 1.95. The molecular formula is C13H14BrFN4.